The molecule has 0 aliphatic carbocycles. The Morgan fingerprint density at radius 1 is 0.929 bits per heavy atom. The van der Waals surface area contributed by atoms with Crippen LogP contribution in [-0.4, -0.2) is 18.9 Å². The Hall–Kier alpha value is -3.37. The number of hydrogen-bond donors (Lipinski definition) is 0. The van der Waals surface area contributed by atoms with Gasteiger partial charge in [0.05, 0.1) is 12.8 Å². The van der Waals surface area contributed by atoms with Crippen LogP contribution in [0.15, 0.2) is 89.6 Å². The lowest BCUT2D eigenvalue weighted by atomic mass is 10.1. The summed E-state index contributed by atoms with van der Waals surface area (Å²) in [6.07, 6.45) is 1.77. The van der Waals surface area contributed by atoms with Gasteiger partial charge in [0.25, 0.3) is 5.91 Å². The molecule has 0 unspecified atom stereocenters. The van der Waals surface area contributed by atoms with Gasteiger partial charge in [-0.2, -0.15) is 0 Å². The lowest BCUT2D eigenvalue weighted by Crippen LogP contribution is -2.32. The first kappa shape index (κ1) is 18.0. The van der Waals surface area contributed by atoms with Crippen molar-refractivity contribution in [3.05, 3.63) is 101 Å². The van der Waals surface area contributed by atoms with Crippen LogP contribution in [0.25, 0.3) is 6.08 Å². The normalized spacial score (nSPS) is 15.1. The first-order valence-electron chi connectivity index (χ1n) is 8.75. The van der Waals surface area contributed by atoms with Gasteiger partial charge in [-0.25, -0.2) is 4.99 Å². The summed E-state index contributed by atoms with van der Waals surface area (Å²) in [4.78, 5) is 19.5. The maximum Gasteiger partial charge on any atom is 0.282 e. The molecule has 0 bridgehead atoms. The third-order valence-corrected chi connectivity index (χ3v) is 4.65. The van der Waals surface area contributed by atoms with Gasteiger partial charge in [0.1, 0.15) is 17.3 Å². The lowest BCUT2D eigenvalue weighted by molar-refractivity contribution is -0.113. The average Bonchev–Trinajstić information content (AvgIpc) is 3.06. The Morgan fingerprint density at radius 3 is 2.25 bits per heavy atom. The molecule has 5 heteroatoms. The van der Waals surface area contributed by atoms with E-state index in [1.54, 1.807) is 30.2 Å². The van der Waals surface area contributed by atoms with Crippen LogP contribution in [0.3, 0.4) is 0 Å². The van der Waals surface area contributed by atoms with Crippen molar-refractivity contribution in [1.82, 2.24) is 0 Å². The van der Waals surface area contributed by atoms with Crippen LogP contribution in [0, 0.1) is 0 Å². The van der Waals surface area contributed by atoms with Gasteiger partial charge in [0.2, 0.25) is 0 Å². The molecule has 0 spiro atoms. The van der Waals surface area contributed by atoms with E-state index in [4.69, 9.17) is 16.3 Å². The van der Waals surface area contributed by atoms with Crippen molar-refractivity contribution in [2.45, 2.75) is 0 Å². The lowest BCUT2D eigenvalue weighted by Gasteiger charge is -2.18. The number of methoxy groups -OCH3 is 1. The van der Waals surface area contributed by atoms with Gasteiger partial charge in [0, 0.05) is 10.6 Å². The summed E-state index contributed by atoms with van der Waals surface area (Å²) in [6.45, 7) is 0. The topological polar surface area (TPSA) is 41.9 Å². The maximum absolute atomic E-state index is 13.2. The van der Waals surface area contributed by atoms with E-state index in [0.717, 1.165) is 22.6 Å². The molecule has 0 atom stereocenters. The van der Waals surface area contributed by atoms with Crippen molar-refractivity contribution in [1.29, 1.82) is 0 Å². The molecule has 4 rings (SSSR count). The summed E-state index contributed by atoms with van der Waals surface area (Å²) in [5, 5.41) is 0.647. The van der Waals surface area contributed by atoms with Crippen LogP contribution in [0.5, 0.6) is 5.75 Å². The smallest absolute Gasteiger partial charge is 0.282 e. The van der Waals surface area contributed by atoms with Crippen molar-refractivity contribution in [2.24, 2.45) is 4.99 Å². The second-order valence-electron chi connectivity index (χ2n) is 6.22. The molecule has 0 aromatic heterocycles. The van der Waals surface area contributed by atoms with Crippen molar-refractivity contribution in [3.63, 3.8) is 0 Å². The standard InChI is InChI=1S/C23H17ClN2O2/c1-28-20-13-11-19(12-14-20)26-22(17-5-3-2-4-6-17)25-21(23(26)27)15-16-7-9-18(24)10-8-16/h2-15H,1H3/b21-15-. The molecule has 0 radical (unpaired) electrons. The predicted octanol–water partition coefficient (Wildman–Crippen LogP) is 5.18. The van der Waals surface area contributed by atoms with E-state index in [0.29, 0.717) is 16.6 Å². The SMILES string of the molecule is COc1ccc(N2C(=O)/C(=C/c3ccc(Cl)cc3)N=C2c2ccccc2)cc1. The minimum absolute atomic E-state index is 0.182. The number of ether oxygens (including phenoxy) is 1. The molecule has 1 aliphatic heterocycles. The van der Waals surface area contributed by atoms with Crippen molar-refractivity contribution < 1.29 is 9.53 Å². The monoisotopic (exact) mass is 388 g/mol. The van der Waals surface area contributed by atoms with Crippen LogP contribution >= 0.6 is 11.6 Å². The van der Waals surface area contributed by atoms with Gasteiger partial charge in [-0.3, -0.25) is 9.69 Å². The second kappa shape index (κ2) is 7.71. The largest absolute Gasteiger partial charge is 0.497 e. The van der Waals surface area contributed by atoms with Crippen molar-refractivity contribution in [3.8, 4) is 5.75 Å². The summed E-state index contributed by atoms with van der Waals surface area (Å²) >= 11 is 5.95. The Bertz CT molecular complexity index is 1060. The highest BCUT2D eigenvalue weighted by Gasteiger charge is 2.32. The zero-order valence-electron chi connectivity index (χ0n) is 15.2. The van der Waals surface area contributed by atoms with Crippen molar-refractivity contribution in [2.75, 3.05) is 12.0 Å². The fraction of sp³-hybridized carbons (Fsp3) is 0.0435. The van der Waals surface area contributed by atoms with E-state index in [2.05, 4.69) is 4.99 Å². The van der Waals surface area contributed by atoms with Gasteiger partial charge in [-0.15, -0.1) is 0 Å². The van der Waals surface area contributed by atoms with Gasteiger partial charge in [-0.1, -0.05) is 54.1 Å². The summed E-state index contributed by atoms with van der Waals surface area (Å²) in [7, 11) is 1.61. The highest BCUT2D eigenvalue weighted by molar-refractivity contribution is 6.33. The number of nitrogens with zero attached hydrogens (tertiary/aromatic N) is 2. The number of carbonyl (C=O) groups excluding carboxylic acids is 1. The van der Waals surface area contributed by atoms with Crippen LogP contribution in [-0.2, 0) is 4.79 Å². The third-order valence-electron chi connectivity index (χ3n) is 4.40. The molecule has 4 nitrogen and oxygen atoms in total. The molecule has 1 heterocycles. The number of hydrogen-bond acceptors (Lipinski definition) is 3. The van der Waals surface area contributed by atoms with Crippen LogP contribution in [0.4, 0.5) is 5.69 Å². The van der Waals surface area contributed by atoms with E-state index in [9.17, 15) is 4.79 Å². The fourth-order valence-corrected chi connectivity index (χ4v) is 3.11. The molecule has 3 aromatic rings. The van der Waals surface area contributed by atoms with Crippen LogP contribution in [0.1, 0.15) is 11.1 Å². The number of amidine groups is 1. The molecular formula is C23H17ClN2O2. The maximum atomic E-state index is 13.2. The molecule has 0 fully saturated rings. The van der Waals surface area contributed by atoms with Gasteiger partial charge in [-0.05, 0) is 48.0 Å². The molecule has 28 heavy (non-hydrogen) atoms. The number of aliphatic imine (C=N–C) groups is 1. The highest BCUT2D eigenvalue weighted by atomic mass is 35.5. The summed E-state index contributed by atoms with van der Waals surface area (Å²) in [6, 6.07) is 24.3. The Balaban J connectivity index is 1.79. The molecule has 1 amide bonds. The fourth-order valence-electron chi connectivity index (χ4n) is 2.99. The van der Waals surface area contributed by atoms with E-state index in [-0.39, 0.29) is 5.91 Å². The van der Waals surface area contributed by atoms with Crippen LogP contribution < -0.4 is 9.64 Å². The molecule has 0 N–H and O–H groups in total. The first-order chi connectivity index (χ1) is 13.7. The zero-order valence-corrected chi connectivity index (χ0v) is 15.9. The molecule has 1 aliphatic rings. The Morgan fingerprint density at radius 2 is 1.61 bits per heavy atom. The quantitative estimate of drug-likeness (QED) is 0.577. The first-order valence-corrected chi connectivity index (χ1v) is 9.13. The van der Waals surface area contributed by atoms with Gasteiger partial charge < -0.3 is 4.74 Å². The van der Waals surface area contributed by atoms with E-state index in [1.807, 2.05) is 66.7 Å². The Labute approximate surface area is 168 Å². The summed E-state index contributed by atoms with van der Waals surface area (Å²) in [5.41, 5.74) is 2.83. The number of anilines is 1. The highest BCUT2D eigenvalue weighted by Crippen LogP contribution is 2.29. The molecule has 138 valence electrons. The van der Waals surface area contributed by atoms with Crippen LogP contribution in [0.2, 0.25) is 5.02 Å². The summed E-state index contributed by atoms with van der Waals surface area (Å²) in [5.74, 6) is 1.14. The average molecular weight is 389 g/mol. The number of rotatable bonds is 4. The zero-order chi connectivity index (χ0) is 19.5. The minimum Gasteiger partial charge on any atom is -0.497 e. The Kier molecular flexibility index (Phi) is 4.96. The third kappa shape index (κ3) is 3.55. The second-order valence-corrected chi connectivity index (χ2v) is 6.66. The van der Waals surface area contributed by atoms with E-state index >= 15 is 0 Å². The predicted molar refractivity (Wildman–Crippen MR) is 113 cm³/mol. The molecule has 0 saturated carbocycles. The van der Waals surface area contributed by atoms with E-state index < -0.39 is 0 Å². The van der Waals surface area contributed by atoms with Gasteiger partial charge >= 0.3 is 0 Å². The number of carbonyl (C=O) groups is 1. The number of benzene rings is 3. The van der Waals surface area contributed by atoms with Crippen molar-refractivity contribution >= 4 is 35.1 Å². The molecule has 3 aromatic carbocycles. The number of amides is 1. The molecular weight excluding hydrogens is 372 g/mol. The van der Waals surface area contributed by atoms with Gasteiger partial charge in [0.15, 0.2) is 0 Å². The number of halogens is 1. The minimum atomic E-state index is -0.182. The van der Waals surface area contributed by atoms with E-state index in [1.165, 1.54) is 0 Å². The molecule has 0 saturated heterocycles. The summed E-state index contributed by atoms with van der Waals surface area (Å²) < 4.78 is 5.22.